The monoisotopic (exact) mass is 382 g/mol. The number of hydrogen-bond acceptors (Lipinski definition) is 7. The van der Waals surface area contributed by atoms with Gasteiger partial charge in [-0.3, -0.25) is 0 Å². The Morgan fingerprint density at radius 3 is 2.07 bits per heavy atom. The van der Waals surface area contributed by atoms with E-state index in [1.807, 2.05) is 0 Å². The molecular weight excluding hydrogens is 352 g/mol. The van der Waals surface area contributed by atoms with Crippen LogP contribution in [0, 0.1) is 0 Å². The summed E-state index contributed by atoms with van der Waals surface area (Å²) in [5.41, 5.74) is 0. The van der Waals surface area contributed by atoms with Crippen molar-refractivity contribution in [2.45, 2.75) is 57.8 Å². The van der Waals surface area contributed by atoms with Crippen molar-refractivity contribution in [3.05, 3.63) is 38.0 Å². The summed E-state index contributed by atoms with van der Waals surface area (Å²) in [6.45, 7) is 13.0. The van der Waals surface area contributed by atoms with Gasteiger partial charge in [0.25, 0.3) is 0 Å². The molecule has 0 aromatic carbocycles. The highest BCUT2D eigenvalue weighted by atomic mass is 16.7. The third-order valence-electron chi connectivity index (χ3n) is 3.47. The van der Waals surface area contributed by atoms with Crippen LogP contribution in [-0.2, 0) is 33.3 Å². The van der Waals surface area contributed by atoms with Crippen LogP contribution >= 0.6 is 0 Å². The fraction of sp³-hybridized carbons (Fsp3) is 0.550. The summed E-state index contributed by atoms with van der Waals surface area (Å²) in [4.78, 5) is 32.5. The average molecular weight is 382 g/mol. The zero-order chi connectivity index (χ0) is 20.5. The summed E-state index contributed by atoms with van der Waals surface area (Å²) < 4.78 is 19.8. The fourth-order valence-electron chi connectivity index (χ4n) is 2.07. The van der Waals surface area contributed by atoms with E-state index < -0.39 is 18.2 Å². The molecule has 7 heteroatoms. The van der Waals surface area contributed by atoms with Gasteiger partial charge in [-0.15, -0.1) is 0 Å². The lowest BCUT2D eigenvalue weighted by Crippen LogP contribution is -2.23. The summed E-state index contributed by atoms with van der Waals surface area (Å²) >= 11 is 0. The number of unbranched alkanes of at least 4 members (excludes halogenated alkanes) is 2. The largest absolute Gasteiger partial charge is 0.460 e. The van der Waals surface area contributed by atoms with Crippen LogP contribution in [0.3, 0.4) is 0 Å². The molecule has 0 aromatic rings. The van der Waals surface area contributed by atoms with E-state index in [0.29, 0.717) is 13.0 Å². The van der Waals surface area contributed by atoms with Gasteiger partial charge in [0.05, 0.1) is 6.10 Å². The molecule has 0 N–H and O–H groups in total. The maximum absolute atomic E-state index is 11.0. The molecule has 1 atom stereocenters. The number of hydrogen-bond donors (Lipinski definition) is 0. The molecule has 1 rings (SSSR count). The Balaban J connectivity index is 0.000000533. The normalized spacial score (nSPS) is 15.1. The second-order valence-electron chi connectivity index (χ2n) is 5.68. The van der Waals surface area contributed by atoms with Crippen LogP contribution in [0.25, 0.3) is 0 Å². The van der Waals surface area contributed by atoms with E-state index in [4.69, 9.17) is 18.9 Å². The molecule has 1 aliphatic heterocycles. The number of carbonyl (C=O) groups is 3. The summed E-state index contributed by atoms with van der Waals surface area (Å²) in [7, 11) is 0. The van der Waals surface area contributed by atoms with E-state index in [1.165, 1.54) is 0 Å². The minimum absolute atomic E-state index is 0.110. The van der Waals surface area contributed by atoms with Gasteiger partial charge < -0.3 is 18.9 Å². The molecule has 152 valence electrons. The highest BCUT2D eigenvalue weighted by molar-refractivity contribution is 5.83. The zero-order valence-corrected chi connectivity index (χ0v) is 16.0. The Labute approximate surface area is 161 Å². The first-order valence-corrected chi connectivity index (χ1v) is 9.03. The van der Waals surface area contributed by atoms with Crippen LogP contribution in [0.1, 0.15) is 45.4 Å². The second-order valence-corrected chi connectivity index (χ2v) is 5.68. The van der Waals surface area contributed by atoms with Gasteiger partial charge in [0.1, 0.15) is 6.61 Å². The minimum Gasteiger partial charge on any atom is -0.460 e. The van der Waals surface area contributed by atoms with Crippen molar-refractivity contribution in [3.63, 3.8) is 0 Å². The standard InChI is InChI=1S/C12H18O4.C8H12O3/c1-4-7-8-9-12(15-10(13)5-2)16-11(14)6-3;1-2-8(9)11-6-7-4-3-5-10-7/h5-6,12H,2-4,7-9H2,1H3;2,7H,1,3-6H2. The van der Waals surface area contributed by atoms with Crippen molar-refractivity contribution in [3.8, 4) is 0 Å². The molecule has 0 amide bonds. The molecule has 0 spiro atoms. The molecule has 0 radical (unpaired) electrons. The Hall–Kier alpha value is -2.41. The predicted octanol–water partition coefficient (Wildman–Crippen LogP) is 3.25. The molecule has 0 bridgehead atoms. The first-order chi connectivity index (χ1) is 13.0. The summed E-state index contributed by atoms with van der Waals surface area (Å²) in [6.07, 6.45) is 7.91. The topological polar surface area (TPSA) is 88.1 Å². The Morgan fingerprint density at radius 1 is 1.04 bits per heavy atom. The number of rotatable bonds is 11. The number of esters is 3. The highest BCUT2D eigenvalue weighted by Gasteiger charge is 2.16. The lowest BCUT2D eigenvalue weighted by Gasteiger charge is -2.16. The molecular formula is C20H30O7. The molecule has 1 heterocycles. The molecule has 0 aromatic heterocycles. The first kappa shape index (κ1) is 24.6. The van der Waals surface area contributed by atoms with Crippen molar-refractivity contribution >= 4 is 17.9 Å². The maximum Gasteiger partial charge on any atom is 0.333 e. The van der Waals surface area contributed by atoms with Crippen LogP contribution in [-0.4, -0.2) is 43.5 Å². The van der Waals surface area contributed by atoms with Gasteiger partial charge in [-0.05, 0) is 19.3 Å². The molecule has 1 fully saturated rings. The van der Waals surface area contributed by atoms with E-state index in [-0.39, 0.29) is 12.1 Å². The molecule has 0 saturated carbocycles. The average Bonchev–Trinajstić information content (AvgIpc) is 3.20. The molecule has 1 saturated heterocycles. The molecule has 1 unspecified atom stereocenters. The number of ether oxygens (including phenoxy) is 4. The Bertz CT molecular complexity index is 471. The van der Waals surface area contributed by atoms with E-state index in [2.05, 4.69) is 26.7 Å². The van der Waals surface area contributed by atoms with E-state index in [0.717, 1.165) is 56.9 Å². The van der Waals surface area contributed by atoms with Crippen molar-refractivity contribution in [1.29, 1.82) is 0 Å². The SMILES string of the molecule is C=CC(=O)OC(CCCCC)OC(=O)C=C.C=CC(=O)OCC1CCCO1. The van der Waals surface area contributed by atoms with Crippen LogP contribution in [0.15, 0.2) is 38.0 Å². The summed E-state index contributed by atoms with van der Waals surface area (Å²) in [5.74, 6) is -1.57. The van der Waals surface area contributed by atoms with Gasteiger partial charge in [-0.25, -0.2) is 14.4 Å². The third kappa shape index (κ3) is 13.5. The van der Waals surface area contributed by atoms with Crippen LogP contribution in [0.4, 0.5) is 0 Å². The van der Waals surface area contributed by atoms with Crippen molar-refractivity contribution in [2.75, 3.05) is 13.2 Å². The van der Waals surface area contributed by atoms with Gasteiger partial charge >= 0.3 is 17.9 Å². The summed E-state index contributed by atoms with van der Waals surface area (Å²) in [5, 5.41) is 0. The third-order valence-corrected chi connectivity index (χ3v) is 3.47. The van der Waals surface area contributed by atoms with Crippen LogP contribution in [0.5, 0.6) is 0 Å². The van der Waals surface area contributed by atoms with E-state index in [9.17, 15) is 14.4 Å². The van der Waals surface area contributed by atoms with Gasteiger partial charge in [-0.1, -0.05) is 39.5 Å². The molecule has 27 heavy (non-hydrogen) atoms. The van der Waals surface area contributed by atoms with Crippen LogP contribution in [0.2, 0.25) is 0 Å². The van der Waals surface area contributed by atoms with Crippen molar-refractivity contribution in [1.82, 2.24) is 0 Å². The van der Waals surface area contributed by atoms with Gasteiger partial charge in [0.15, 0.2) is 0 Å². The Kier molecular flexibility index (Phi) is 14.4. The smallest absolute Gasteiger partial charge is 0.333 e. The molecule has 7 nitrogen and oxygen atoms in total. The second kappa shape index (κ2) is 15.8. The van der Waals surface area contributed by atoms with Gasteiger partial charge in [0, 0.05) is 31.3 Å². The van der Waals surface area contributed by atoms with Crippen molar-refractivity contribution in [2.24, 2.45) is 0 Å². The number of carbonyl (C=O) groups excluding carboxylic acids is 3. The quantitative estimate of drug-likeness (QED) is 0.235. The lowest BCUT2D eigenvalue weighted by atomic mass is 10.2. The zero-order valence-electron chi connectivity index (χ0n) is 16.0. The van der Waals surface area contributed by atoms with E-state index in [1.54, 1.807) is 0 Å². The van der Waals surface area contributed by atoms with E-state index >= 15 is 0 Å². The van der Waals surface area contributed by atoms with Crippen LogP contribution < -0.4 is 0 Å². The summed E-state index contributed by atoms with van der Waals surface area (Å²) in [6, 6.07) is 0. The van der Waals surface area contributed by atoms with Gasteiger partial charge in [0.2, 0.25) is 6.29 Å². The highest BCUT2D eigenvalue weighted by Crippen LogP contribution is 2.12. The predicted molar refractivity (Wildman–Crippen MR) is 101 cm³/mol. The minimum atomic E-state index is -0.845. The van der Waals surface area contributed by atoms with Crippen molar-refractivity contribution < 1.29 is 33.3 Å². The van der Waals surface area contributed by atoms with Gasteiger partial charge in [-0.2, -0.15) is 0 Å². The first-order valence-electron chi connectivity index (χ1n) is 9.03. The molecule has 1 aliphatic rings. The maximum atomic E-state index is 11.0. The fourth-order valence-corrected chi connectivity index (χ4v) is 2.07. The molecule has 0 aliphatic carbocycles. The lowest BCUT2D eigenvalue weighted by molar-refractivity contribution is -0.182. The Morgan fingerprint density at radius 2 is 1.63 bits per heavy atom.